The van der Waals surface area contributed by atoms with Crippen molar-refractivity contribution in [1.29, 1.82) is 0 Å². The molecule has 1 N–H and O–H groups in total. The molecule has 0 aromatic heterocycles. The number of unbranched alkanes of at least 4 members (excludes halogenated alkanes) is 1. The van der Waals surface area contributed by atoms with Crippen molar-refractivity contribution in [3.63, 3.8) is 0 Å². The van der Waals surface area contributed by atoms with Crippen LogP contribution in [0.4, 0.5) is 9.59 Å². The normalized spacial score (nSPS) is 18.0. The van der Waals surface area contributed by atoms with Crippen LogP contribution in [-0.2, 0) is 11.2 Å². The van der Waals surface area contributed by atoms with Crippen molar-refractivity contribution in [3.05, 3.63) is 35.9 Å². The molecule has 1 aromatic rings. The zero-order valence-corrected chi connectivity index (χ0v) is 16.8. The van der Waals surface area contributed by atoms with Crippen molar-refractivity contribution in [2.45, 2.75) is 70.3 Å². The van der Waals surface area contributed by atoms with Gasteiger partial charge in [0.05, 0.1) is 6.61 Å². The highest BCUT2D eigenvalue weighted by Crippen LogP contribution is 2.19. The number of benzene rings is 1. The monoisotopic (exact) mass is 387 g/mol. The second-order valence-electron chi connectivity index (χ2n) is 7.79. The Morgan fingerprint density at radius 3 is 2.39 bits per heavy atom. The van der Waals surface area contributed by atoms with E-state index in [0.717, 1.165) is 44.9 Å². The Morgan fingerprint density at radius 1 is 0.929 bits per heavy atom. The second kappa shape index (κ2) is 10.9. The lowest BCUT2D eigenvalue weighted by Gasteiger charge is -2.38. The summed E-state index contributed by atoms with van der Waals surface area (Å²) < 4.78 is 5.46. The molecule has 3 amide bonds. The van der Waals surface area contributed by atoms with Gasteiger partial charge < -0.3 is 10.1 Å². The van der Waals surface area contributed by atoms with E-state index in [1.54, 1.807) is 5.01 Å². The summed E-state index contributed by atoms with van der Waals surface area (Å²) in [5, 5.41) is 6.14. The number of hydrogen-bond acceptors (Lipinski definition) is 3. The van der Waals surface area contributed by atoms with Gasteiger partial charge >= 0.3 is 12.1 Å². The molecule has 1 saturated heterocycles. The maximum Gasteiger partial charge on any atom is 0.428 e. The fourth-order valence-electron chi connectivity index (χ4n) is 3.97. The number of nitrogens with zero attached hydrogens (tertiary/aromatic N) is 2. The van der Waals surface area contributed by atoms with Crippen molar-refractivity contribution in [2.24, 2.45) is 0 Å². The van der Waals surface area contributed by atoms with E-state index in [-0.39, 0.29) is 12.1 Å². The molecule has 0 spiro atoms. The average molecular weight is 388 g/mol. The number of hydrazine groups is 1. The van der Waals surface area contributed by atoms with Crippen molar-refractivity contribution in [1.82, 2.24) is 15.3 Å². The van der Waals surface area contributed by atoms with Crippen LogP contribution in [0, 0.1) is 0 Å². The number of aryl methyl sites for hydroxylation is 1. The fourth-order valence-corrected chi connectivity index (χ4v) is 3.97. The molecule has 0 radical (unpaired) electrons. The van der Waals surface area contributed by atoms with Gasteiger partial charge in [0, 0.05) is 19.1 Å². The first kappa shape index (κ1) is 20.5. The van der Waals surface area contributed by atoms with Crippen LogP contribution in [0.2, 0.25) is 0 Å². The van der Waals surface area contributed by atoms with Crippen molar-refractivity contribution in [3.8, 4) is 0 Å². The number of carbonyl (C=O) groups excluding carboxylic acids is 2. The van der Waals surface area contributed by atoms with E-state index in [9.17, 15) is 9.59 Å². The van der Waals surface area contributed by atoms with E-state index in [1.807, 2.05) is 18.2 Å². The van der Waals surface area contributed by atoms with Crippen LogP contribution in [-0.4, -0.2) is 47.9 Å². The lowest BCUT2D eigenvalue weighted by molar-refractivity contribution is -0.0142. The van der Waals surface area contributed by atoms with Gasteiger partial charge in [0.25, 0.3) is 0 Å². The van der Waals surface area contributed by atoms with E-state index in [2.05, 4.69) is 17.4 Å². The van der Waals surface area contributed by atoms with Gasteiger partial charge in [-0.2, -0.15) is 0 Å². The van der Waals surface area contributed by atoms with Gasteiger partial charge in [-0.3, -0.25) is 0 Å². The predicted octanol–water partition coefficient (Wildman–Crippen LogP) is 4.50. The Balaban J connectivity index is 1.40. The van der Waals surface area contributed by atoms with Gasteiger partial charge in [-0.15, -0.1) is 0 Å². The zero-order chi connectivity index (χ0) is 19.6. The van der Waals surface area contributed by atoms with E-state index in [1.165, 1.54) is 29.8 Å². The molecule has 0 unspecified atom stereocenters. The largest absolute Gasteiger partial charge is 0.448 e. The van der Waals surface area contributed by atoms with Gasteiger partial charge in [-0.05, 0) is 50.5 Å². The summed E-state index contributed by atoms with van der Waals surface area (Å²) in [5.74, 6) is 0. The number of hydrogen-bond donors (Lipinski definition) is 1. The van der Waals surface area contributed by atoms with Crippen LogP contribution in [0.5, 0.6) is 0 Å². The van der Waals surface area contributed by atoms with Crippen LogP contribution >= 0.6 is 0 Å². The molecule has 6 nitrogen and oxygen atoms in total. The summed E-state index contributed by atoms with van der Waals surface area (Å²) in [4.78, 5) is 25.2. The third-order valence-corrected chi connectivity index (χ3v) is 5.59. The lowest BCUT2D eigenvalue weighted by atomic mass is 9.96. The van der Waals surface area contributed by atoms with Crippen LogP contribution in [0.25, 0.3) is 0 Å². The topological polar surface area (TPSA) is 61.9 Å². The summed E-state index contributed by atoms with van der Waals surface area (Å²) in [6, 6.07) is 10.4. The Kier molecular flexibility index (Phi) is 8.00. The molecule has 1 aliphatic carbocycles. The fraction of sp³-hybridized carbons (Fsp3) is 0.636. The van der Waals surface area contributed by atoms with E-state index < -0.39 is 6.09 Å². The highest BCUT2D eigenvalue weighted by molar-refractivity contribution is 5.78. The SMILES string of the molecule is O=C(NC1CCCCC1)N1CCCCN1C(=O)OCCCCc1ccccc1. The molecular formula is C22H33N3O3. The molecule has 6 heteroatoms. The molecule has 2 aliphatic rings. The molecule has 3 rings (SSSR count). The quantitative estimate of drug-likeness (QED) is 0.731. The first-order valence-corrected chi connectivity index (χ1v) is 10.8. The molecular weight excluding hydrogens is 354 g/mol. The summed E-state index contributed by atoms with van der Waals surface area (Å²) in [6.07, 6.45) is 9.84. The summed E-state index contributed by atoms with van der Waals surface area (Å²) in [7, 11) is 0. The van der Waals surface area contributed by atoms with Crippen molar-refractivity contribution < 1.29 is 14.3 Å². The Labute approximate surface area is 168 Å². The molecule has 1 aliphatic heterocycles. The van der Waals surface area contributed by atoms with Gasteiger partial charge in [0.2, 0.25) is 0 Å². The first-order chi connectivity index (χ1) is 13.7. The first-order valence-electron chi connectivity index (χ1n) is 10.8. The lowest BCUT2D eigenvalue weighted by Crippen LogP contribution is -2.57. The van der Waals surface area contributed by atoms with Gasteiger partial charge in [0.15, 0.2) is 0 Å². The van der Waals surface area contributed by atoms with Crippen LogP contribution in [0.3, 0.4) is 0 Å². The van der Waals surface area contributed by atoms with Crippen LogP contribution < -0.4 is 5.32 Å². The summed E-state index contributed by atoms with van der Waals surface area (Å²) >= 11 is 0. The minimum absolute atomic E-state index is 0.160. The smallest absolute Gasteiger partial charge is 0.428 e. The average Bonchev–Trinajstić information content (AvgIpc) is 2.75. The maximum atomic E-state index is 12.7. The second-order valence-corrected chi connectivity index (χ2v) is 7.79. The van der Waals surface area contributed by atoms with Gasteiger partial charge in [0.1, 0.15) is 0 Å². The Morgan fingerprint density at radius 2 is 1.64 bits per heavy atom. The van der Waals surface area contributed by atoms with Crippen molar-refractivity contribution in [2.75, 3.05) is 19.7 Å². The minimum atomic E-state index is -0.404. The molecule has 2 fully saturated rings. The molecule has 0 atom stereocenters. The molecule has 154 valence electrons. The number of urea groups is 1. The number of nitrogens with one attached hydrogen (secondary N) is 1. The number of ether oxygens (including phenoxy) is 1. The minimum Gasteiger partial charge on any atom is -0.448 e. The number of rotatable bonds is 6. The third-order valence-electron chi connectivity index (χ3n) is 5.59. The van der Waals surface area contributed by atoms with Gasteiger partial charge in [-0.25, -0.2) is 19.6 Å². The summed E-state index contributed by atoms with van der Waals surface area (Å²) in [5.41, 5.74) is 1.30. The zero-order valence-electron chi connectivity index (χ0n) is 16.8. The van der Waals surface area contributed by atoms with Crippen LogP contribution in [0.1, 0.15) is 63.4 Å². The maximum absolute atomic E-state index is 12.7. The highest BCUT2D eigenvalue weighted by atomic mass is 16.6. The summed E-state index contributed by atoms with van der Waals surface area (Å²) in [6.45, 7) is 1.50. The van der Waals surface area contributed by atoms with Crippen LogP contribution in [0.15, 0.2) is 30.3 Å². The molecule has 28 heavy (non-hydrogen) atoms. The van der Waals surface area contributed by atoms with Crippen molar-refractivity contribution >= 4 is 12.1 Å². The molecule has 1 saturated carbocycles. The van der Waals surface area contributed by atoms with E-state index in [0.29, 0.717) is 19.7 Å². The molecule has 1 aromatic carbocycles. The van der Waals surface area contributed by atoms with Gasteiger partial charge in [-0.1, -0.05) is 49.6 Å². The molecule has 1 heterocycles. The highest BCUT2D eigenvalue weighted by Gasteiger charge is 2.31. The number of amides is 3. The standard InChI is InChI=1S/C22H33N3O3/c26-21(23-20-14-5-2-6-15-20)24-16-8-9-17-25(24)22(27)28-18-10-7-13-19-11-3-1-4-12-19/h1,3-4,11-12,20H,2,5-10,13-18H2,(H,23,26). The number of carbonyl (C=O) groups is 2. The van der Waals surface area contributed by atoms with E-state index >= 15 is 0 Å². The Hall–Kier alpha value is -2.24. The van der Waals surface area contributed by atoms with E-state index in [4.69, 9.17) is 4.74 Å². The third kappa shape index (κ3) is 6.14. The molecule has 0 bridgehead atoms. The predicted molar refractivity (Wildman–Crippen MR) is 109 cm³/mol. The Bertz CT molecular complexity index is 617.